The highest BCUT2D eigenvalue weighted by molar-refractivity contribution is 5.86. The minimum absolute atomic E-state index is 0.0210. The van der Waals surface area contributed by atoms with E-state index in [1.165, 1.54) is 0 Å². The summed E-state index contributed by atoms with van der Waals surface area (Å²) in [5.74, 6) is 0.921. The van der Waals surface area contributed by atoms with E-state index < -0.39 is 0 Å². The monoisotopic (exact) mass is 334 g/mol. The SMILES string of the molecule is CCc1cc(CN2C[C@@H]3CC[C@H](C2)N(CC(=O)N(C)C)C3=O)on1. The molecule has 2 bridgehead atoms. The number of aryl methyl sites for hydroxylation is 1. The van der Waals surface area contributed by atoms with Gasteiger partial charge in [0.05, 0.1) is 18.2 Å². The number of fused-ring (bicyclic) bond motifs is 4. The Balaban J connectivity index is 1.69. The lowest BCUT2D eigenvalue weighted by molar-refractivity contribution is -0.145. The van der Waals surface area contributed by atoms with Crippen molar-refractivity contribution in [2.75, 3.05) is 33.7 Å². The molecule has 0 radical (unpaired) electrons. The molecule has 0 aliphatic carbocycles. The highest BCUT2D eigenvalue weighted by Crippen LogP contribution is 2.29. The molecule has 3 aliphatic heterocycles. The van der Waals surface area contributed by atoms with Gasteiger partial charge in [0.15, 0.2) is 5.76 Å². The maximum Gasteiger partial charge on any atom is 0.241 e. The molecule has 7 nitrogen and oxygen atoms in total. The van der Waals surface area contributed by atoms with Crippen LogP contribution >= 0.6 is 0 Å². The van der Waals surface area contributed by atoms with E-state index >= 15 is 0 Å². The lowest BCUT2D eigenvalue weighted by atomic mass is 9.94. The van der Waals surface area contributed by atoms with Crippen molar-refractivity contribution in [1.82, 2.24) is 19.9 Å². The van der Waals surface area contributed by atoms with Gasteiger partial charge in [-0.25, -0.2) is 0 Å². The Morgan fingerprint density at radius 3 is 2.83 bits per heavy atom. The van der Waals surface area contributed by atoms with Crippen LogP contribution in [0, 0.1) is 5.92 Å². The summed E-state index contributed by atoms with van der Waals surface area (Å²) in [6.07, 6.45) is 2.72. The largest absolute Gasteiger partial charge is 0.360 e. The van der Waals surface area contributed by atoms with Gasteiger partial charge in [0, 0.05) is 39.3 Å². The summed E-state index contributed by atoms with van der Waals surface area (Å²) in [4.78, 5) is 30.4. The van der Waals surface area contributed by atoms with Gasteiger partial charge in [0.1, 0.15) is 6.54 Å². The van der Waals surface area contributed by atoms with E-state index in [2.05, 4.69) is 10.1 Å². The Kier molecular flexibility index (Phi) is 4.89. The van der Waals surface area contributed by atoms with Crippen LogP contribution in [0.15, 0.2) is 10.6 Å². The van der Waals surface area contributed by atoms with Crippen LogP contribution in [-0.4, -0.2) is 71.4 Å². The van der Waals surface area contributed by atoms with Crippen molar-refractivity contribution in [3.8, 4) is 0 Å². The molecule has 4 rings (SSSR count). The summed E-state index contributed by atoms with van der Waals surface area (Å²) >= 11 is 0. The molecular weight excluding hydrogens is 308 g/mol. The molecule has 3 fully saturated rings. The molecule has 0 saturated carbocycles. The second-order valence-corrected chi connectivity index (χ2v) is 7.01. The van der Waals surface area contributed by atoms with Crippen molar-refractivity contribution >= 4 is 11.8 Å². The number of aromatic nitrogens is 1. The predicted molar refractivity (Wildman–Crippen MR) is 88.1 cm³/mol. The highest BCUT2D eigenvalue weighted by atomic mass is 16.5. The third-order valence-electron chi connectivity index (χ3n) is 5.02. The highest BCUT2D eigenvalue weighted by Gasteiger charge is 2.41. The molecule has 132 valence electrons. The van der Waals surface area contributed by atoms with Crippen LogP contribution in [0.5, 0.6) is 0 Å². The quantitative estimate of drug-likeness (QED) is 0.795. The van der Waals surface area contributed by atoms with Gasteiger partial charge in [0.2, 0.25) is 11.8 Å². The number of hydrogen-bond acceptors (Lipinski definition) is 5. The molecule has 2 amide bonds. The number of carbonyl (C=O) groups excluding carboxylic acids is 2. The maximum absolute atomic E-state index is 12.7. The fourth-order valence-electron chi connectivity index (χ4n) is 3.57. The van der Waals surface area contributed by atoms with E-state index in [1.807, 2.05) is 13.0 Å². The van der Waals surface area contributed by atoms with Gasteiger partial charge in [-0.05, 0) is 19.3 Å². The Hall–Kier alpha value is -1.89. The molecule has 1 aromatic heterocycles. The number of amides is 2. The molecule has 0 N–H and O–H groups in total. The van der Waals surface area contributed by atoms with Gasteiger partial charge in [-0.15, -0.1) is 0 Å². The van der Waals surface area contributed by atoms with Crippen LogP contribution in [0.4, 0.5) is 0 Å². The van der Waals surface area contributed by atoms with Crippen molar-refractivity contribution in [3.63, 3.8) is 0 Å². The maximum atomic E-state index is 12.7. The molecule has 3 aliphatic rings. The Morgan fingerprint density at radius 1 is 1.38 bits per heavy atom. The lowest BCUT2D eigenvalue weighted by Gasteiger charge is -2.36. The zero-order chi connectivity index (χ0) is 17.3. The van der Waals surface area contributed by atoms with Crippen LogP contribution in [0.25, 0.3) is 0 Å². The Labute approximate surface area is 142 Å². The minimum atomic E-state index is -0.0229. The van der Waals surface area contributed by atoms with Crippen LogP contribution in [0.1, 0.15) is 31.2 Å². The topological polar surface area (TPSA) is 69.9 Å². The summed E-state index contributed by atoms with van der Waals surface area (Å²) in [5.41, 5.74) is 0.956. The zero-order valence-corrected chi connectivity index (χ0v) is 14.7. The third kappa shape index (κ3) is 3.45. The standard InChI is InChI=1S/C17H26N4O3/c1-4-13-7-15(24-18-13)10-20-8-12-5-6-14(9-20)21(17(12)23)11-16(22)19(2)3/h7,12,14H,4-6,8-11H2,1-3H3/t12-,14+/m0/s1. The Bertz CT molecular complexity index is 613. The van der Waals surface area contributed by atoms with Crippen LogP contribution in [-0.2, 0) is 22.6 Å². The predicted octanol–water partition coefficient (Wildman–Crippen LogP) is 0.748. The Morgan fingerprint density at radius 2 is 2.17 bits per heavy atom. The second-order valence-electron chi connectivity index (χ2n) is 7.01. The number of carbonyl (C=O) groups is 2. The molecule has 2 atom stereocenters. The summed E-state index contributed by atoms with van der Waals surface area (Å²) in [7, 11) is 3.45. The first-order valence-electron chi connectivity index (χ1n) is 8.65. The zero-order valence-electron chi connectivity index (χ0n) is 14.7. The number of hydrogen-bond donors (Lipinski definition) is 0. The van der Waals surface area contributed by atoms with Crippen LogP contribution in [0.2, 0.25) is 0 Å². The van der Waals surface area contributed by atoms with E-state index in [4.69, 9.17) is 4.52 Å². The van der Waals surface area contributed by atoms with Gasteiger partial charge >= 0.3 is 0 Å². The molecule has 0 unspecified atom stereocenters. The first-order chi connectivity index (χ1) is 11.5. The van der Waals surface area contributed by atoms with Crippen molar-refractivity contribution in [2.24, 2.45) is 5.92 Å². The van der Waals surface area contributed by atoms with Crippen molar-refractivity contribution in [3.05, 3.63) is 17.5 Å². The van der Waals surface area contributed by atoms with E-state index in [-0.39, 0.29) is 30.3 Å². The number of piperidine rings is 1. The average molecular weight is 334 g/mol. The van der Waals surface area contributed by atoms with Gasteiger partial charge < -0.3 is 14.3 Å². The van der Waals surface area contributed by atoms with E-state index in [0.717, 1.165) is 43.8 Å². The first kappa shape index (κ1) is 17.0. The summed E-state index contributed by atoms with van der Waals surface area (Å²) in [6, 6.07) is 2.09. The van der Waals surface area contributed by atoms with Gasteiger partial charge in [-0.1, -0.05) is 12.1 Å². The fourth-order valence-corrected chi connectivity index (χ4v) is 3.57. The third-order valence-corrected chi connectivity index (χ3v) is 5.02. The van der Waals surface area contributed by atoms with E-state index in [1.54, 1.807) is 23.9 Å². The van der Waals surface area contributed by atoms with E-state index in [0.29, 0.717) is 6.54 Å². The summed E-state index contributed by atoms with van der Waals surface area (Å²) in [5, 5.41) is 4.04. The number of likely N-dealkylation sites (N-methyl/N-ethyl adjacent to an activating group) is 1. The van der Waals surface area contributed by atoms with Crippen molar-refractivity contribution < 1.29 is 14.1 Å². The number of nitrogens with zero attached hydrogens (tertiary/aromatic N) is 4. The number of rotatable bonds is 5. The molecule has 3 saturated heterocycles. The lowest BCUT2D eigenvalue weighted by Crippen LogP contribution is -2.51. The molecule has 0 aromatic carbocycles. The minimum Gasteiger partial charge on any atom is -0.360 e. The smallest absolute Gasteiger partial charge is 0.241 e. The molecule has 1 aromatic rings. The van der Waals surface area contributed by atoms with Crippen molar-refractivity contribution in [2.45, 2.75) is 38.8 Å². The normalized spacial score (nSPS) is 24.3. The molecule has 7 heteroatoms. The molecule has 4 heterocycles. The fraction of sp³-hybridized carbons (Fsp3) is 0.706. The molecular formula is C17H26N4O3. The molecule has 24 heavy (non-hydrogen) atoms. The summed E-state index contributed by atoms with van der Waals surface area (Å²) in [6.45, 7) is 4.41. The van der Waals surface area contributed by atoms with Gasteiger partial charge in [0.25, 0.3) is 0 Å². The molecule has 0 spiro atoms. The second kappa shape index (κ2) is 6.93. The van der Waals surface area contributed by atoms with Gasteiger partial charge in [-0.3, -0.25) is 14.5 Å². The van der Waals surface area contributed by atoms with Crippen LogP contribution in [0.3, 0.4) is 0 Å². The first-order valence-corrected chi connectivity index (χ1v) is 8.65. The van der Waals surface area contributed by atoms with E-state index in [9.17, 15) is 9.59 Å². The van der Waals surface area contributed by atoms with Crippen LogP contribution < -0.4 is 0 Å². The summed E-state index contributed by atoms with van der Waals surface area (Å²) < 4.78 is 5.39. The average Bonchev–Trinajstić information content (AvgIpc) is 2.85. The van der Waals surface area contributed by atoms with Gasteiger partial charge in [-0.2, -0.15) is 0 Å². The van der Waals surface area contributed by atoms with Crippen molar-refractivity contribution in [1.29, 1.82) is 0 Å².